The first-order valence-electron chi connectivity index (χ1n) is 11.7. The molecule has 5 rings (SSSR count). The Morgan fingerprint density at radius 3 is 2.44 bits per heavy atom. The molecular formula is C28H27Cl2N3O. The highest BCUT2D eigenvalue weighted by atomic mass is 35.5. The molecule has 0 atom stereocenters. The predicted molar refractivity (Wildman–Crippen MR) is 141 cm³/mol. The van der Waals surface area contributed by atoms with Gasteiger partial charge in [0, 0.05) is 35.2 Å². The Morgan fingerprint density at radius 2 is 1.65 bits per heavy atom. The first-order valence-corrected chi connectivity index (χ1v) is 12.4. The van der Waals surface area contributed by atoms with Crippen molar-refractivity contribution in [2.75, 3.05) is 18.4 Å². The molecule has 0 radical (unpaired) electrons. The number of para-hydroxylation sites is 2. The van der Waals surface area contributed by atoms with Crippen LogP contribution in [0, 0.1) is 5.92 Å². The molecule has 1 saturated heterocycles. The van der Waals surface area contributed by atoms with E-state index in [4.69, 9.17) is 23.2 Å². The summed E-state index contributed by atoms with van der Waals surface area (Å²) in [5, 5.41) is 5.57. The molecular weight excluding hydrogens is 465 g/mol. The van der Waals surface area contributed by atoms with Gasteiger partial charge < -0.3 is 9.88 Å². The smallest absolute Gasteiger partial charge is 0.227 e. The zero-order valence-electron chi connectivity index (χ0n) is 18.9. The molecule has 0 aliphatic carbocycles. The zero-order chi connectivity index (χ0) is 23.5. The van der Waals surface area contributed by atoms with Crippen LogP contribution >= 0.6 is 23.2 Å². The van der Waals surface area contributed by atoms with Gasteiger partial charge in [0.15, 0.2) is 0 Å². The van der Waals surface area contributed by atoms with Crippen molar-refractivity contribution in [1.82, 2.24) is 9.47 Å². The summed E-state index contributed by atoms with van der Waals surface area (Å²) >= 11 is 12.4. The third kappa shape index (κ3) is 5.15. The molecule has 3 aromatic carbocycles. The monoisotopic (exact) mass is 491 g/mol. The summed E-state index contributed by atoms with van der Waals surface area (Å²) in [7, 11) is 0. The molecule has 1 fully saturated rings. The molecule has 1 N–H and O–H groups in total. The molecule has 6 heteroatoms. The Kier molecular flexibility index (Phi) is 6.91. The SMILES string of the molecule is O=C(Nc1ccccc1Cl)C1CCN(Cc2cc3ccccc3n2Cc2cccc(Cl)c2)CC1. The van der Waals surface area contributed by atoms with Crippen LogP contribution in [0.3, 0.4) is 0 Å². The number of halogens is 2. The number of rotatable bonds is 6. The lowest BCUT2D eigenvalue weighted by atomic mass is 9.95. The topological polar surface area (TPSA) is 37.3 Å². The van der Waals surface area contributed by atoms with Crippen molar-refractivity contribution in [1.29, 1.82) is 0 Å². The summed E-state index contributed by atoms with van der Waals surface area (Å²) in [4.78, 5) is 15.2. The van der Waals surface area contributed by atoms with E-state index in [2.05, 4.69) is 51.2 Å². The minimum absolute atomic E-state index is 0.00448. The van der Waals surface area contributed by atoms with Crippen molar-refractivity contribution in [2.24, 2.45) is 5.92 Å². The van der Waals surface area contributed by atoms with Crippen LogP contribution in [0.25, 0.3) is 10.9 Å². The maximum atomic E-state index is 12.8. The molecule has 0 saturated carbocycles. The molecule has 0 bridgehead atoms. The standard InChI is InChI=1S/C28H27Cl2N3O/c29-23-8-5-6-20(16-23)18-33-24(17-22-7-1-4-11-27(22)33)19-32-14-12-21(13-15-32)28(34)31-26-10-3-2-9-25(26)30/h1-11,16-17,21H,12-15,18-19H2,(H,31,34). The van der Waals surface area contributed by atoms with E-state index >= 15 is 0 Å². The average Bonchev–Trinajstić information content (AvgIpc) is 3.18. The molecule has 1 aromatic heterocycles. The fourth-order valence-corrected chi connectivity index (χ4v) is 5.18. The van der Waals surface area contributed by atoms with Gasteiger partial charge in [-0.3, -0.25) is 9.69 Å². The van der Waals surface area contributed by atoms with E-state index < -0.39 is 0 Å². The third-order valence-electron chi connectivity index (χ3n) is 6.60. The van der Waals surface area contributed by atoms with E-state index in [0.29, 0.717) is 10.7 Å². The van der Waals surface area contributed by atoms with Gasteiger partial charge in [-0.2, -0.15) is 0 Å². The second-order valence-corrected chi connectivity index (χ2v) is 9.77. The summed E-state index contributed by atoms with van der Waals surface area (Å²) in [5.74, 6) is 0.0626. The summed E-state index contributed by atoms with van der Waals surface area (Å²) in [5.41, 5.74) is 4.37. The molecule has 1 aliphatic heterocycles. The molecule has 2 heterocycles. The fourth-order valence-electron chi connectivity index (χ4n) is 4.78. The lowest BCUT2D eigenvalue weighted by molar-refractivity contribution is -0.121. The second kappa shape index (κ2) is 10.2. The first-order chi connectivity index (χ1) is 16.6. The van der Waals surface area contributed by atoms with Gasteiger partial charge in [-0.25, -0.2) is 0 Å². The second-order valence-electron chi connectivity index (χ2n) is 8.93. The Bertz CT molecular complexity index is 1310. The van der Waals surface area contributed by atoms with Gasteiger partial charge in [0.2, 0.25) is 5.91 Å². The van der Waals surface area contributed by atoms with Gasteiger partial charge in [0.25, 0.3) is 0 Å². The van der Waals surface area contributed by atoms with Crippen molar-refractivity contribution >= 4 is 45.7 Å². The number of likely N-dealkylation sites (tertiary alicyclic amines) is 1. The maximum absolute atomic E-state index is 12.8. The number of anilines is 1. The highest BCUT2D eigenvalue weighted by Crippen LogP contribution is 2.27. The number of carbonyl (C=O) groups excluding carboxylic acids is 1. The Hall–Kier alpha value is -2.79. The van der Waals surface area contributed by atoms with E-state index in [1.165, 1.54) is 22.2 Å². The highest BCUT2D eigenvalue weighted by molar-refractivity contribution is 6.33. The third-order valence-corrected chi connectivity index (χ3v) is 7.17. The first kappa shape index (κ1) is 23.0. The molecule has 1 amide bonds. The van der Waals surface area contributed by atoms with E-state index in [9.17, 15) is 4.79 Å². The number of hydrogen-bond donors (Lipinski definition) is 1. The van der Waals surface area contributed by atoms with Crippen LogP contribution in [-0.2, 0) is 17.9 Å². The molecule has 4 nitrogen and oxygen atoms in total. The van der Waals surface area contributed by atoms with E-state index in [1.807, 2.05) is 36.4 Å². The zero-order valence-corrected chi connectivity index (χ0v) is 20.4. The van der Waals surface area contributed by atoms with Gasteiger partial charge >= 0.3 is 0 Å². The number of fused-ring (bicyclic) bond motifs is 1. The van der Waals surface area contributed by atoms with Crippen molar-refractivity contribution in [3.05, 3.63) is 100 Å². The molecule has 0 spiro atoms. The molecule has 174 valence electrons. The lowest BCUT2D eigenvalue weighted by Crippen LogP contribution is -2.38. The Labute approximate surface area is 210 Å². The van der Waals surface area contributed by atoms with Gasteiger partial charge in [-0.1, -0.05) is 65.7 Å². The van der Waals surface area contributed by atoms with Crippen LogP contribution in [0.5, 0.6) is 0 Å². The van der Waals surface area contributed by atoms with E-state index in [0.717, 1.165) is 44.0 Å². The minimum Gasteiger partial charge on any atom is -0.339 e. The molecule has 0 unspecified atom stereocenters. The van der Waals surface area contributed by atoms with E-state index in [-0.39, 0.29) is 11.8 Å². The van der Waals surface area contributed by atoms with Crippen LogP contribution in [-0.4, -0.2) is 28.5 Å². The number of piperidine rings is 1. The molecule has 4 aromatic rings. The van der Waals surface area contributed by atoms with Crippen LogP contribution in [0.2, 0.25) is 10.0 Å². The lowest BCUT2D eigenvalue weighted by Gasteiger charge is -2.31. The van der Waals surface area contributed by atoms with Crippen molar-refractivity contribution in [3.8, 4) is 0 Å². The number of hydrogen-bond acceptors (Lipinski definition) is 2. The minimum atomic E-state index is 0.00448. The van der Waals surface area contributed by atoms with Crippen molar-refractivity contribution in [3.63, 3.8) is 0 Å². The normalized spacial score (nSPS) is 15.0. The van der Waals surface area contributed by atoms with Gasteiger partial charge in [0.1, 0.15) is 0 Å². The number of nitrogens with one attached hydrogen (secondary N) is 1. The number of carbonyl (C=O) groups is 1. The fraction of sp³-hybridized carbons (Fsp3) is 0.250. The predicted octanol–water partition coefficient (Wildman–Crippen LogP) is 6.85. The number of benzene rings is 3. The van der Waals surface area contributed by atoms with E-state index in [1.54, 1.807) is 6.07 Å². The quantitative estimate of drug-likeness (QED) is 0.320. The van der Waals surface area contributed by atoms with Crippen LogP contribution < -0.4 is 5.32 Å². The number of nitrogens with zero attached hydrogens (tertiary/aromatic N) is 2. The van der Waals surface area contributed by atoms with Crippen LogP contribution in [0.15, 0.2) is 78.9 Å². The maximum Gasteiger partial charge on any atom is 0.227 e. The highest BCUT2D eigenvalue weighted by Gasteiger charge is 2.26. The van der Waals surface area contributed by atoms with Crippen LogP contribution in [0.1, 0.15) is 24.1 Å². The molecule has 1 aliphatic rings. The average molecular weight is 492 g/mol. The summed E-state index contributed by atoms with van der Waals surface area (Å²) < 4.78 is 2.39. The Morgan fingerprint density at radius 1 is 0.882 bits per heavy atom. The summed E-state index contributed by atoms with van der Waals surface area (Å²) in [6.07, 6.45) is 1.68. The number of amides is 1. The van der Waals surface area contributed by atoms with Crippen LogP contribution in [0.4, 0.5) is 5.69 Å². The Balaban J connectivity index is 1.27. The van der Waals surface area contributed by atoms with Gasteiger partial charge in [-0.05, 0) is 73.3 Å². The molecule has 34 heavy (non-hydrogen) atoms. The van der Waals surface area contributed by atoms with Crippen molar-refractivity contribution < 1.29 is 4.79 Å². The van der Waals surface area contributed by atoms with Crippen molar-refractivity contribution in [2.45, 2.75) is 25.9 Å². The largest absolute Gasteiger partial charge is 0.339 e. The number of aromatic nitrogens is 1. The summed E-state index contributed by atoms with van der Waals surface area (Å²) in [6.45, 7) is 3.41. The van der Waals surface area contributed by atoms with Gasteiger partial charge in [-0.15, -0.1) is 0 Å². The van der Waals surface area contributed by atoms with Gasteiger partial charge in [0.05, 0.1) is 10.7 Å². The summed E-state index contributed by atoms with van der Waals surface area (Å²) in [6, 6.07) is 26.2.